The molecule has 0 aliphatic carbocycles. The SMILES string of the molecule is CCc1nn(CCSC)c(CC)c1CCN. The molecule has 1 heterocycles. The second-order valence-corrected chi connectivity index (χ2v) is 4.82. The summed E-state index contributed by atoms with van der Waals surface area (Å²) in [6.07, 6.45) is 5.16. The summed E-state index contributed by atoms with van der Waals surface area (Å²) in [5, 5.41) is 4.70. The lowest BCUT2D eigenvalue weighted by Gasteiger charge is -2.06. The van der Waals surface area contributed by atoms with Gasteiger partial charge in [0.15, 0.2) is 0 Å². The molecular weight excluding hydrogens is 218 g/mol. The van der Waals surface area contributed by atoms with Crippen molar-refractivity contribution >= 4 is 11.8 Å². The predicted octanol–water partition coefficient (Wildman–Crippen LogP) is 1.87. The van der Waals surface area contributed by atoms with Gasteiger partial charge in [-0.05, 0) is 37.6 Å². The van der Waals surface area contributed by atoms with E-state index in [4.69, 9.17) is 10.8 Å². The summed E-state index contributed by atoms with van der Waals surface area (Å²) in [5.74, 6) is 1.12. The Bertz CT molecular complexity index is 320. The largest absolute Gasteiger partial charge is 0.330 e. The van der Waals surface area contributed by atoms with Gasteiger partial charge in [0, 0.05) is 11.4 Å². The maximum Gasteiger partial charge on any atom is 0.0657 e. The van der Waals surface area contributed by atoms with Crippen molar-refractivity contribution in [2.45, 2.75) is 39.7 Å². The summed E-state index contributed by atoms with van der Waals surface area (Å²) < 4.78 is 2.18. The van der Waals surface area contributed by atoms with Crippen LogP contribution in [0.2, 0.25) is 0 Å². The van der Waals surface area contributed by atoms with Crippen LogP contribution >= 0.6 is 11.8 Å². The first kappa shape index (κ1) is 13.6. The molecule has 0 amide bonds. The quantitative estimate of drug-likeness (QED) is 0.792. The number of hydrogen-bond acceptors (Lipinski definition) is 3. The Balaban J connectivity index is 2.98. The van der Waals surface area contributed by atoms with E-state index in [2.05, 4.69) is 24.8 Å². The summed E-state index contributed by atoms with van der Waals surface area (Å²) in [5.41, 5.74) is 9.70. The molecule has 1 rings (SSSR count). The van der Waals surface area contributed by atoms with Gasteiger partial charge < -0.3 is 5.73 Å². The highest BCUT2D eigenvalue weighted by Gasteiger charge is 2.14. The van der Waals surface area contributed by atoms with Crippen LogP contribution < -0.4 is 5.73 Å². The zero-order valence-electron chi connectivity index (χ0n) is 10.6. The minimum Gasteiger partial charge on any atom is -0.330 e. The highest BCUT2D eigenvalue weighted by molar-refractivity contribution is 7.98. The molecule has 0 atom stereocenters. The first-order valence-corrected chi connectivity index (χ1v) is 7.44. The molecule has 0 aliphatic rings. The van der Waals surface area contributed by atoms with Crippen LogP contribution in [0.3, 0.4) is 0 Å². The molecule has 0 saturated heterocycles. The highest BCUT2D eigenvalue weighted by atomic mass is 32.2. The number of aromatic nitrogens is 2. The summed E-state index contributed by atoms with van der Waals surface area (Å²) in [6.45, 7) is 6.10. The van der Waals surface area contributed by atoms with Gasteiger partial charge in [-0.15, -0.1) is 0 Å². The van der Waals surface area contributed by atoms with Crippen LogP contribution in [0.1, 0.15) is 30.8 Å². The fourth-order valence-corrected chi connectivity index (χ4v) is 2.42. The van der Waals surface area contributed by atoms with E-state index >= 15 is 0 Å². The van der Waals surface area contributed by atoms with E-state index in [0.29, 0.717) is 6.54 Å². The Labute approximate surface area is 103 Å². The zero-order valence-corrected chi connectivity index (χ0v) is 11.4. The number of aryl methyl sites for hydroxylation is 2. The van der Waals surface area contributed by atoms with Crippen molar-refractivity contribution in [3.63, 3.8) is 0 Å². The third-order valence-corrected chi connectivity index (χ3v) is 3.41. The first-order chi connectivity index (χ1) is 7.78. The van der Waals surface area contributed by atoms with Crippen molar-refractivity contribution < 1.29 is 0 Å². The molecule has 0 unspecified atom stereocenters. The Kier molecular flexibility index (Phi) is 5.91. The molecule has 0 aliphatic heterocycles. The lowest BCUT2D eigenvalue weighted by atomic mass is 10.1. The zero-order chi connectivity index (χ0) is 12.0. The molecule has 1 aromatic rings. The summed E-state index contributed by atoms with van der Waals surface area (Å²) >= 11 is 1.87. The van der Waals surface area contributed by atoms with Gasteiger partial charge in [-0.25, -0.2) is 0 Å². The van der Waals surface area contributed by atoms with Gasteiger partial charge in [-0.1, -0.05) is 13.8 Å². The number of thioether (sulfide) groups is 1. The molecule has 2 N–H and O–H groups in total. The second-order valence-electron chi connectivity index (χ2n) is 3.83. The monoisotopic (exact) mass is 241 g/mol. The van der Waals surface area contributed by atoms with Gasteiger partial charge in [-0.2, -0.15) is 16.9 Å². The third kappa shape index (κ3) is 3.01. The summed E-state index contributed by atoms with van der Waals surface area (Å²) in [6, 6.07) is 0. The molecule has 0 radical (unpaired) electrons. The molecule has 0 saturated carbocycles. The van der Waals surface area contributed by atoms with Gasteiger partial charge >= 0.3 is 0 Å². The minimum absolute atomic E-state index is 0.716. The van der Waals surface area contributed by atoms with Crippen LogP contribution in [0.15, 0.2) is 0 Å². The van der Waals surface area contributed by atoms with E-state index in [-0.39, 0.29) is 0 Å². The van der Waals surface area contributed by atoms with Crippen molar-refractivity contribution in [3.05, 3.63) is 17.0 Å². The Morgan fingerprint density at radius 1 is 1.31 bits per heavy atom. The van der Waals surface area contributed by atoms with E-state index in [1.165, 1.54) is 17.0 Å². The van der Waals surface area contributed by atoms with Gasteiger partial charge in [0.1, 0.15) is 0 Å². The average molecular weight is 241 g/mol. The fraction of sp³-hybridized carbons (Fsp3) is 0.750. The van der Waals surface area contributed by atoms with E-state index in [1.54, 1.807) is 0 Å². The lowest BCUT2D eigenvalue weighted by Crippen LogP contribution is -2.09. The molecular formula is C12H23N3S. The smallest absolute Gasteiger partial charge is 0.0657 e. The van der Waals surface area contributed by atoms with Crippen molar-refractivity contribution in [3.8, 4) is 0 Å². The van der Waals surface area contributed by atoms with E-state index in [0.717, 1.165) is 31.6 Å². The number of nitrogens with zero attached hydrogens (tertiary/aromatic N) is 2. The van der Waals surface area contributed by atoms with Crippen LogP contribution in [0.5, 0.6) is 0 Å². The number of hydrogen-bond donors (Lipinski definition) is 1. The molecule has 92 valence electrons. The van der Waals surface area contributed by atoms with Crippen LogP contribution in [0, 0.1) is 0 Å². The van der Waals surface area contributed by atoms with Gasteiger partial charge in [0.2, 0.25) is 0 Å². The van der Waals surface area contributed by atoms with Crippen molar-refractivity contribution in [2.24, 2.45) is 5.73 Å². The van der Waals surface area contributed by atoms with E-state index < -0.39 is 0 Å². The molecule has 0 spiro atoms. The highest BCUT2D eigenvalue weighted by Crippen LogP contribution is 2.17. The van der Waals surface area contributed by atoms with Crippen LogP contribution in [0.25, 0.3) is 0 Å². The van der Waals surface area contributed by atoms with Crippen molar-refractivity contribution in [1.82, 2.24) is 9.78 Å². The minimum atomic E-state index is 0.716. The summed E-state index contributed by atoms with van der Waals surface area (Å²) in [7, 11) is 0. The lowest BCUT2D eigenvalue weighted by molar-refractivity contribution is 0.622. The molecule has 4 heteroatoms. The van der Waals surface area contributed by atoms with Crippen LogP contribution in [-0.2, 0) is 25.8 Å². The topological polar surface area (TPSA) is 43.8 Å². The molecule has 16 heavy (non-hydrogen) atoms. The van der Waals surface area contributed by atoms with Gasteiger partial charge in [0.05, 0.1) is 12.2 Å². The second kappa shape index (κ2) is 6.97. The van der Waals surface area contributed by atoms with Crippen molar-refractivity contribution in [2.75, 3.05) is 18.6 Å². The van der Waals surface area contributed by atoms with E-state index in [9.17, 15) is 0 Å². The maximum absolute atomic E-state index is 5.68. The number of nitrogens with two attached hydrogens (primary N) is 1. The average Bonchev–Trinajstić information content (AvgIpc) is 2.64. The van der Waals surface area contributed by atoms with Crippen LogP contribution in [-0.4, -0.2) is 28.3 Å². The Morgan fingerprint density at radius 2 is 2.06 bits per heavy atom. The Morgan fingerprint density at radius 3 is 2.56 bits per heavy atom. The standard InChI is InChI=1S/C12H23N3S/c1-4-11-10(6-7-13)12(5-2)15(14-11)8-9-16-3/h4-9,13H2,1-3H3. The molecule has 1 aromatic heterocycles. The molecule has 0 aromatic carbocycles. The van der Waals surface area contributed by atoms with Crippen LogP contribution in [0.4, 0.5) is 0 Å². The van der Waals surface area contributed by atoms with E-state index in [1.807, 2.05) is 11.8 Å². The predicted molar refractivity (Wildman–Crippen MR) is 72.1 cm³/mol. The maximum atomic E-state index is 5.68. The fourth-order valence-electron chi connectivity index (χ4n) is 2.06. The molecule has 0 bridgehead atoms. The Hall–Kier alpha value is -0.480. The first-order valence-electron chi connectivity index (χ1n) is 6.04. The van der Waals surface area contributed by atoms with Gasteiger partial charge in [0.25, 0.3) is 0 Å². The molecule has 3 nitrogen and oxygen atoms in total. The van der Waals surface area contributed by atoms with Crippen molar-refractivity contribution in [1.29, 1.82) is 0 Å². The third-order valence-electron chi connectivity index (χ3n) is 2.82. The molecule has 0 fully saturated rings. The number of rotatable bonds is 7. The summed E-state index contributed by atoms with van der Waals surface area (Å²) in [4.78, 5) is 0. The van der Waals surface area contributed by atoms with Gasteiger partial charge in [-0.3, -0.25) is 4.68 Å². The normalized spacial score (nSPS) is 11.0.